The first-order valence-corrected chi connectivity index (χ1v) is 13.7. The molecule has 1 unspecified atom stereocenters. The topological polar surface area (TPSA) is 95.9 Å². The van der Waals surface area contributed by atoms with Crippen molar-refractivity contribution in [1.29, 1.82) is 0 Å². The average Bonchev–Trinajstić information content (AvgIpc) is 2.78. The molecule has 0 aromatic rings. The number of aliphatic hydroxyl groups excluding tert-OH is 2. The highest BCUT2D eigenvalue weighted by Gasteiger charge is 2.42. The van der Waals surface area contributed by atoms with Crippen molar-refractivity contribution in [2.45, 2.75) is 111 Å². The fraction of sp³-hybridized carbons (Fsp3) is 0.793. The van der Waals surface area contributed by atoms with Crippen LogP contribution in [0.4, 0.5) is 0 Å². The Bertz CT molecular complexity index is 758. The Labute approximate surface area is 212 Å². The molecule has 7 atom stereocenters. The third-order valence-corrected chi connectivity index (χ3v) is 7.94. The fourth-order valence-electron chi connectivity index (χ4n) is 5.25. The predicted octanol–water partition coefficient (Wildman–Crippen LogP) is 4.94. The first-order chi connectivity index (χ1) is 16.5. The van der Waals surface area contributed by atoms with Crippen LogP contribution in [-0.4, -0.2) is 46.9 Å². The second-order valence-electron chi connectivity index (χ2n) is 11.5. The third kappa shape index (κ3) is 8.75. The molecular weight excluding hydrogens is 442 g/mol. The first-order valence-electron chi connectivity index (χ1n) is 13.7. The molecule has 0 aromatic heterocycles. The summed E-state index contributed by atoms with van der Waals surface area (Å²) in [7, 11) is 0. The summed E-state index contributed by atoms with van der Waals surface area (Å²) in [4.78, 5) is 24.9. The maximum absolute atomic E-state index is 12.9. The van der Waals surface area contributed by atoms with Gasteiger partial charge in [-0.05, 0) is 75.7 Å². The molecule has 0 saturated heterocycles. The molecule has 6 heteroatoms. The van der Waals surface area contributed by atoms with E-state index in [1.165, 1.54) is 5.57 Å². The van der Waals surface area contributed by atoms with E-state index in [0.717, 1.165) is 32.1 Å². The lowest BCUT2D eigenvalue weighted by Gasteiger charge is -2.44. The van der Waals surface area contributed by atoms with Crippen LogP contribution in [0.2, 0.25) is 0 Å². The quantitative estimate of drug-likeness (QED) is 0.251. The molecule has 35 heavy (non-hydrogen) atoms. The summed E-state index contributed by atoms with van der Waals surface area (Å²) >= 11 is 0. The van der Waals surface area contributed by atoms with Gasteiger partial charge in [0.15, 0.2) is 0 Å². The maximum atomic E-state index is 12.9. The SMILES string of the molecule is CCCCNC(=O)C[C@H](O)C[C@H](O)CC[C@@H]1C2C(=C[C@H](C)C[C@@H]2OC(=O)C(C)(C)CC)C=C[C@@H]1C. The zero-order valence-electron chi connectivity index (χ0n) is 22.8. The summed E-state index contributed by atoms with van der Waals surface area (Å²) in [5.41, 5.74) is 0.725. The lowest BCUT2D eigenvalue weighted by Crippen LogP contribution is -2.43. The number of aliphatic hydroxyl groups is 2. The van der Waals surface area contributed by atoms with Crippen LogP contribution in [0.5, 0.6) is 0 Å². The number of allylic oxidation sites excluding steroid dienone is 3. The number of fused-ring (bicyclic) bond motifs is 1. The lowest BCUT2D eigenvalue weighted by atomic mass is 9.65. The summed E-state index contributed by atoms with van der Waals surface area (Å²) in [5, 5.41) is 23.7. The molecule has 0 bridgehead atoms. The molecule has 0 heterocycles. The van der Waals surface area contributed by atoms with E-state index < -0.39 is 17.6 Å². The van der Waals surface area contributed by atoms with E-state index in [9.17, 15) is 19.8 Å². The number of carbonyl (C=O) groups excluding carboxylic acids is 2. The third-order valence-electron chi connectivity index (χ3n) is 7.94. The normalized spacial score (nSPS) is 28.0. The number of rotatable bonds is 13. The minimum atomic E-state index is -0.855. The number of unbranched alkanes of at least 4 members (excludes halogenated alkanes) is 1. The van der Waals surface area contributed by atoms with Crippen molar-refractivity contribution in [3.63, 3.8) is 0 Å². The molecule has 0 saturated carbocycles. The van der Waals surface area contributed by atoms with Gasteiger partial charge in [-0.25, -0.2) is 0 Å². The summed E-state index contributed by atoms with van der Waals surface area (Å²) < 4.78 is 6.16. The van der Waals surface area contributed by atoms with Crippen LogP contribution in [0.1, 0.15) is 92.9 Å². The second-order valence-corrected chi connectivity index (χ2v) is 11.5. The van der Waals surface area contributed by atoms with Crippen molar-refractivity contribution in [3.8, 4) is 0 Å². The van der Waals surface area contributed by atoms with Gasteiger partial charge in [0.25, 0.3) is 0 Å². The van der Waals surface area contributed by atoms with Gasteiger partial charge in [-0.1, -0.05) is 52.3 Å². The minimum absolute atomic E-state index is 0.0159. The highest BCUT2D eigenvalue weighted by molar-refractivity contribution is 5.76. The van der Waals surface area contributed by atoms with Gasteiger partial charge in [0.05, 0.1) is 24.0 Å². The van der Waals surface area contributed by atoms with Crippen LogP contribution in [0.15, 0.2) is 23.8 Å². The van der Waals surface area contributed by atoms with E-state index in [2.05, 4.69) is 44.3 Å². The van der Waals surface area contributed by atoms with Gasteiger partial charge >= 0.3 is 5.97 Å². The number of nitrogens with one attached hydrogen (secondary N) is 1. The van der Waals surface area contributed by atoms with Gasteiger partial charge in [-0.15, -0.1) is 0 Å². The largest absolute Gasteiger partial charge is 0.461 e. The molecule has 0 spiro atoms. The van der Waals surface area contributed by atoms with Crippen molar-refractivity contribution >= 4 is 11.9 Å². The number of amides is 1. The highest BCUT2D eigenvalue weighted by Crippen LogP contribution is 2.45. The van der Waals surface area contributed by atoms with Crippen molar-refractivity contribution in [3.05, 3.63) is 23.8 Å². The first kappa shape index (κ1) is 29.6. The van der Waals surface area contributed by atoms with E-state index in [1.54, 1.807) is 0 Å². The molecule has 3 N–H and O–H groups in total. The average molecular weight is 492 g/mol. The number of esters is 1. The van der Waals surface area contributed by atoms with Gasteiger partial charge in [-0.2, -0.15) is 0 Å². The molecule has 1 amide bonds. The van der Waals surface area contributed by atoms with Crippen LogP contribution in [-0.2, 0) is 14.3 Å². The smallest absolute Gasteiger partial charge is 0.311 e. The Hall–Kier alpha value is -1.66. The number of carbonyl (C=O) groups is 2. The van der Waals surface area contributed by atoms with Crippen molar-refractivity contribution in [1.82, 2.24) is 5.32 Å². The molecule has 0 aromatic carbocycles. The maximum Gasteiger partial charge on any atom is 0.311 e. The molecule has 0 radical (unpaired) electrons. The molecule has 2 aliphatic rings. The van der Waals surface area contributed by atoms with E-state index in [4.69, 9.17) is 4.74 Å². The summed E-state index contributed by atoms with van der Waals surface area (Å²) in [5.74, 6) is 0.684. The van der Waals surface area contributed by atoms with Gasteiger partial charge < -0.3 is 20.3 Å². The number of hydrogen-bond acceptors (Lipinski definition) is 5. The van der Waals surface area contributed by atoms with E-state index in [0.29, 0.717) is 24.8 Å². The van der Waals surface area contributed by atoms with E-state index in [-0.39, 0.29) is 42.7 Å². The van der Waals surface area contributed by atoms with Crippen LogP contribution in [0.25, 0.3) is 0 Å². The summed E-state index contributed by atoms with van der Waals surface area (Å²) in [6.07, 6.45) is 9.97. The van der Waals surface area contributed by atoms with Gasteiger partial charge in [0.2, 0.25) is 5.91 Å². The number of hydrogen-bond donors (Lipinski definition) is 3. The predicted molar refractivity (Wildman–Crippen MR) is 139 cm³/mol. The van der Waals surface area contributed by atoms with Crippen LogP contribution >= 0.6 is 0 Å². The standard InChI is InChI=1S/C29H49NO5/c1-7-9-14-30-26(33)18-23(32)17-22(31)12-13-24-20(4)10-11-21-15-19(3)16-25(27(21)24)35-28(34)29(5,6)8-2/h10-11,15,19-20,22-25,27,31-32H,7-9,12-14,16-18H2,1-6H3,(H,30,33)/t19-,20-,22+,23+,24-,25-,27?/m0/s1. The molecule has 6 nitrogen and oxygen atoms in total. The molecular formula is C29H49NO5. The fourth-order valence-corrected chi connectivity index (χ4v) is 5.25. The Balaban J connectivity index is 2.00. The van der Waals surface area contributed by atoms with Gasteiger partial charge in [-0.3, -0.25) is 9.59 Å². The second kappa shape index (κ2) is 13.6. The molecule has 2 aliphatic carbocycles. The summed E-state index contributed by atoms with van der Waals surface area (Å²) in [6, 6.07) is 0. The van der Waals surface area contributed by atoms with Gasteiger partial charge in [0.1, 0.15) is 6.10 Å². The van der Waals surface area contributed by atoms with Crippen LogP contribution in [0, 0.1) is 29.1 Å². The van der Waals surface area contributed by atoms with Gasteiger partial charge in [0, 0.05) is 12.5 Å². The Morgan fingerprint density at radius 1 is 1.20 bits per heavy atom. The van der Waals surface area contributed by atoms with Crippen LogP contribution in [0.3, 0.4) is 0 Å². The van der Waals surface area contributed by atoms with E-state index >= 15 is 0 Å². The molecule has 0 fully saturated rings. The molecule has 200 valence electrons. The molecule has 0 aliphatic heterocycles. The van der Waals surface area contributed by atoms with Crippen LogP contribution < -0.4 is 5.32 Å². The summed E-state index contributed by atoms with van der Waals surface area (Å²) in [6.45, 7) is 12.9. The Kier molecular flexibility index (Phi) is 11.5. The van der Waals surface area contributed by atoms with Crippen molar-refractivity contribution in [2.75, 3.05) is 6.54 Å². The monoisotopic (exact) mass is 491 g/mol. The Morgan fingerprint density at radius 3 is 2.57 bits per heavy atom. The minimum Gasteiger partial charge on any atom is -0.461 e. The molecule has 2 rings (SSSR count). The van der Waals surface area contributed by atoms with E-state index in [1.807, 2.05) is 20.8 Å². The zero-order valence-corrected chi connectivity index (χ0v) is 22.8. The zero-order chi connectivity index (χ0) is 26.2. The number of ether oxygens (including phenoxy) is 1. The van der Waals surface area contributed by atoms with Crippen molar-refractivity contribution in [2.24, 2.45) is 29.1 Å². The lowest BCUT2D eigenvalue weighted by molar-refractivity contribution is -0.164. The highest BCUT2D eigenvalue weighted by atomic mass is 16.5. The Morgan fingerprint density at radius 2 is 1.91 bits per heavy atom. The van der Waals surface area contributed by atoms with Crippen molar-refractivity contribution < 1.29 is 24.5 Å².